The molecule has 0 saturated heterocycles. The summed E-state index contributed by atoms with van der Waals surface area (Å²) in [5.74, 6) is 0.540. The number of hydrogen-bond acceptors (Lipinski definition) is 2. The highest BCUT2D eigenvalue weighted by Gasteiger charge is 2.10. The molecule has 4 rings (SSSR count). The van der Waals surface area contributed by atoms with Crippen molar-refractivity contribution in [2.75, 3.05) is 0 Å². The van der Waals surface area contributed by atoms with Crippen LogP contribution in [0.2, 0.25) is 0 Å². The minimum atomic E-state index is 0.540. The SMILES string of the molecule is Cc1cccc(N=c2scc(-c3ccc(C(C)C)cc3)n2CCc2ccccc2)c1. The zero-order chi connectivity index (χ0) is 20.9. The number of benzene rings is 3. The van der Waals surface area contributed by atoms with Gasteiger partial charge in [-0.25, -0.2) is 4.99 Å². The monoisotopic (exact) mass is 412 g/mol. The Kier molecular flexibility index (Phi) is 6.29. The van der Waals surface area contributed by atoms with Crippen LogP contribution in [0.4, 0.5) is 5.69 Å². The van der Waals surface area contributed by atoms with Gasteiger partial charge in [0.25, 0.3) is 0 Å². The Morgan fingerprint density at radius 1 is 0.900 bits per heavy atom. The number of nitrogens with zero attached hydrogens (tertiary/aromatic N) is 2. The molecule has 4 aromatic rings. The number of aryl methyl sites for hydroxylation is 2. The Balaban J connectivity index is 1.74. The van der Waals surface area contributed by atoms with Crippen LogP contribution in [0.5, 0.6) is 0 Å². The molecule has 0 saturated carbocycles. The summed E-state index contributed by atoms with van der Waals surface area (Å²) < 4.78 is 2.37. The van der Waals surface area contributed by atoms with E-state index in [0.717, 1.165) is 23.5 Å². The lowest BCUT2D eigenvalue weighted by Gasteiger charge is -2.11. The van der Waals surface area contributed by atoms with Crippen molar-refractivity contribution in [1.82, 2.24) is 4.57 Å². The summed E-state index contributed by atoms with van der Waals surface area (Å²) in [5, 5.41) is 2.24. The van der Waals surface area contributed by atoms with Crippen molar-refractivity contribution in [2.24, 2.45) is 4.99 Å². The molecule has 0 atom stereocenters. The third-order valence-corrected chi connectivity index (χ3v) is 6.23. The second kappa shape index (κ2) is 9.27. The summed E-state index contributed by atoms with van der Waals surface area (Å²) in [6.45, 7) is 7.48. The minimum absolute atomic E-state index is 0.540. The van der Waals surface area contributed by atoms with Crippen molar-refractivity contribution in [3.8, 4) is 11.3 Å². The first-order valence-electron chi connectivity index (χ1n) is 10.5. The Morgan fingerprint density at radius 3 is 2.37 bits per heavy atom. The molecular weight excluding hydrogens is 384 g/mol. The molecule has 0 radical (unpaired) electrons. The van der Waals surface area contributed by atoms with Crippen LogP contribution in [-0.4, -0.2) is 4.57 Å². The summed E-state index contributed by atoms with van der Waals surface area (Å²) in [6, 6.07) is 28.1. The first-order valence-corrected chi connectivity index (χ1v) is 11.4. The van der Waals surface area contributed by atoms with E-state index in [1.54, 1.807) is 11.3 Å². The predicted molar refractivity (Wildman–Crippen MR) is 128 cm³/mol. The van der Waals surface area contributed by atoms with Crippen LogP contribution in [-0.2, 0) is 13.0 Å². The molecule has 0 aliphatic heterocycles. The largest absolute Gasteiger partial charge is 0.316 e. The van der Waals surface area contributed by atoms with Crippen LogP contribution >= 0.6 is 11.3 Å². The molecule has 2 nitrogen and oxygen atoms in total. The molecule has 0 fully saturated rings. The van der Waals surface area contributed by atoms with Crippen LogP contribution in [0.15, 0.2) is 89.2 Å². The van der Waals surface area contributed by atoms with Crippen LogP contribution in [0.1, 0.15) is 36.5 Å². The van der Waals surface area contributed by atoms with Crippen LogP contribution < -0.4 is 4.80 Å². The normalized spacial score (nSPS) is 11.9. The molecule has 0 aliphatic carbocycles. The first kappa shape index (κ1) is 20.4. The zero-order valence-electron chi connectivity index (χ0n) is 17.9. The lowest BCUT2D eigenvalue weighted by atomic mass is 10.0. The average molecular weight is 413 g/mol. The van der Waals surface area contributed by atoms with Crippen LogP contribution in [0, 0.1) is 6.92 Å². The zero-order valence-corrected chi connectivity index (χ0v) is 18.7. The van der Waals surface area contributed by atoms with Crippen molar-refractivity contribution in [3.05, 3.63) is 106 Å². The smallest absolute Gasteiger partial charge is 0.190 e. The van der Waals surface area contributed by atoms with Gasteiger partial charge < -0.3 is 4.57 Å². The maximum absolute atomic E-state index is 4.99. The van der Waals surface area contributed by atoms with Crippen molar-refractivity contribution in [2.45, 2.75) is 39.7 Å². The van der Waals surface area contributed by atoms with Gasteiger partial charge in [0.1, 0.15) is 0 Å². The maximum atomic E-state index is 4.99. The molecular formula is C27H28N2S. The number of hydrogen-bond donors (Lipinski definition) is 0. The molecule has 0 spiro atoms. The molecule has 0 amide bonds. The van der Waals surface area contributed by atoms with Crippen molar-refractivity contribution < 1.29 is 0 Å². The third-order valence-electron chi connectivity index (χ3n) is 5.36. The van der Waals surface area contributed by atoms with Gasteiger partial charge in [-0.2, -0.15) is 0 Å². The van der Waals surface area contributed by atoms with E-state index in [0.29, 0.717) is 5.92 Å². The molecule has 1 heterocycles. The fourth-order valence-electron chi connectivity index (χ4n) is 3.60. The van der Waals surface area contributed by atoms with E-state index in [1.807, 2.05) is 0 Å². The lowest BCUT2D eigenvalue weighted by Crippen LogP contribution is -2.17. The summed E-state index contributed by atoms with van der Waals surface area (Å²) >= 11 is 1.71. The Labute approximate surface area is 183 Å². The van der Waals surface area contributed by atoms with E-state index in [-0.39, 0.29) is 0 Å². The highest BCUT2D eigenvalue weighted by Crippen LogP contribution is 2.24. The second-order valence-corrected chi connectivity index (χ2v) is 8.85. The Morgan fingerprint density at radius 2 is 1.67 bits per heavy atom. The van der Waals surface area contributed by atoms with E-state index in [9.17, 15) is 0 Å². The van der Waals surface area contributed by atoms with Gasteiger partial charge in [-0.1, -0.05) is 80.6 Å². The van der Waals surface area contributed by atoms with Gasteiger partial charge in [-0.05, 0) is 53.6 Å². The highest BCUT2D eigenvalue weighted by molar-refractivity contribution is 7.07. The van der Waals surface area contributed by atoms with Gasteiger partial charge in [-0.15, -0.1) is 11.3 Å². The molecule has 3 aromatic carbocycles. The summed E-state index contributed by atoms with van der Waals surface area (Å²) in [5.41, 5.74) is 7.43. The topological polar surface area (TPSA) is 17.3 Å². The van der Waals surface area contributed by atoms with Gasteiger partial charge in [0.05, 0.1) is 11.4 Å². The number of thiazole rings is 1. The predicted octanol–water partition coefficient (Wildman–Crippen LogP) is 7.12. The van der Waals surface area contributed by atoms with Gasteiger partial charge in [-0.3, -0.25) is 0 Å². The fraction of sp³-hybridized carbons (Fsp3) is 0.222. The Hall–Kier alpha value is -2.91. The highest BCUT2D eigenvalue weighted by atomic mass is 32.1. The maximum Gasteiger partial charge on any atom is 0.190 e. The van der Waals surface area contributed by atoms with Gasteiger partial charge in [0.2, 0.25) is 0 Å². The Bertz CT molecular complexity index is 1170. The number of rotatable bonds is 6. The molecule has 30 heavy (non-hydrogen) atoms. The molecule has 0 aliphatic rings. The number of aromatic nitrogens is 1. The minimum Gasteiger partial charge on any atom is -0.316 e. The molecule has 0 unspecified atom stereocenters. The molecule has 0 N–H and O–H groups in total. The van der Waals surface area contributed by atoms with Crippen molar-refractivity contribution in [3.63, 3.8) is 0 Å². The summed E-state index contributed by atoms with van der Waals surface area (Å²) in [6.07, 6.45) is 0.982. The van der Waals surface area contributed by atoms with Crippen molar-refractivity contribution in [1.29, 1.82) is 0 Å². The van der Waals surface area contributed by atoms with E-state index >= 15 is 0 Å². The summed E-state index contributed by atoms with van der Waals surface area (Å²) in [4.78, 5) is 6.03. The van der Waals surface area contributed by atoms with E-state index in [1.165, 1.54) is 27.9 Å². The van der Waals surface area contributed by atoms with E-state index < -0.39 is 0 Å². The quantitative estimate of drug-likeness (QED) is 0.321. The third kappa shape index (κ3) is 4.80. The lowest BCUT2D eigenvalue weighted by molar-refractivity contribution is 0.684. The average Bonchev–Trinajstić information content (AvgIpc) is 3.15. The second-order valence-electron chi connectivity index (χ2n) is 8.02. The van der Waals surface area contributed by atoms with E-state index in [4.69, 9.17) is 4.99 Å². The van der Waals surface area contributed by atoms with Gasteiger partial charge in [0.15, 0.2) is 4.80 Å². The van der Waals surface area contributed by atoms with E-state index in [2.05, 4.69) is 110 Å². The summed E-state index contributed by atoms with van der Waals surface area (Å²) in [7, 11) is 0. The molecule has 3 heteroatoms. The standard InChI is InChI=1S/C27H28N2S/c1-20(2)23-12-14-24(15-13-23)26-19-30-27(28-25-11-7-8-21(3)18-25)29(26)17-16-22-9-5-4-6-10-22/h4-15,18-20H,16-17H2,1-3H3. The molecule has 152 valence electrons. The van der Waals surface area contributed by atoms with Crippen molar-refractivity contribution >= 4 is 17.0 Å². The molecule has 0 bridgehead atoms. The van der Waals surface area contributed by atoms with Gasteiger partial charge >= 0.3 is 0 Å². The molecule has 1 aromatic heterocycles. The van der Waals surface area contributed by atoms with Gasteiger partial charge in [0, 0.05) is 11.9 Å². The first-order chi connectivity index (χ1) is 14.6. The fourth-order valence-corrected chi connectivity index (χ4v) is 4.55. The van der Waals surface area contributed by atoms with Crippen LogP contribution in [0.25, 0.3) is 11.3 Å². The van der Waals surface area contributed by atoms with Crippen LogP contribution in [0.3, 0.4) is 0 Å².